The number of benzene rings is 1. The van der Waals surface area contributed by atoms with Gasteiger partial charge in [-0.25, -0.2) is 0 Å². The fraction of sp³-hybridized carbons (Fsp3) is 0.529. The molecule has 0 spiro atoms. The average Bonchev–Trinajstić information content (AvgIpc) is 2.39. The summed E-state index contributed by atoms with van der Waals surface area (Å²) in [6, 6.07) is 8.62. The van der Waals surface area contributed by atoms with Crippen molar-refractivity contribution in [3.8, 4) is 0 Å². The quantitative estimate of drug-likeness (QED) is 0.450. The van der Waals surface area contributed by atoms with Crippen LogP contribution in [0.3, 0.4) is 0 Å². The smallest absolute Gasteiger partial charge is 0.244 e. The molecule has 1 radical (unpaired) electrons. The van der Waals surface area contributed by atoms with E-state index in [-0.39, 0.29) is 0 Å². The van der Waals surface area contributed by atoms with Crippen molar-refractivity contribution in [2.75, 3.05) is 6.61 Å². The summed E-state index contributed by atoms with van der Waals surface area (Å²) in [5, 5.41) is 1.46. The first kappa shape index (κ1) is 14.5. The van der Waals surface area contributed by atoms with Crippen LogP contribution in [0.4, 0.5) is 0 Å². The van der Waals surface area contributed by atoms with Crippen LogP contribution in [-0.2, 0) is 4.43 Å². The van der Waals surface area contributed by atoms with E-state index in [1.54, 1.807) is 0 Å². The molecule has 19 heavy (non-hydrogen) atoms. The standard InChI is InChI=1S/C17H25OSi/c1-3-4-5-6-7-10-13-18-19(2)17-14-15-11-8-9-12-16(15)17/h8-9,11-12,14H,3-7,10,13H2,1-2H3. The molecule has 1 aromatic carbocycles. The van der Waals surface area contributed by atoms with Gasteiger partial charge in [-0.3, -0.25) is 0 Å². The molecule has 1 aromatic rings. The summed E-state index contributed by atoms with van der Waals surface area (Å²) in [6.45, 7) is 5.47. The Morgan fingerprint density at radius 3 is 2.53 bits per heavy atom. The van der Waals surface area contributed by atoms with Crippen molar-refractivity contribution >= 4 is 20.3 Å². The molecule has 1 aliphatic rings. The van der Waals surface area contributed by atoms with Crippen LogP contribution in [0, 0.1) is 0 Å². The van der Waals surface area contributed by atoms with Gasteiger partial charge in [0.25, 0.3) is 0 Å². The molecule has 1 nitrogen and oxygen atoms in total. The van der Waals surface area contributed by atoms with E-state index < -0.39 is 9.04 Å². The number of hydrogen-bond acceptors (Lipinski definition) is 1. The molecular weight excluding hydrogens is 248 g/mol. The molecule has 0 atom stereocenters. The fourth-order valence-electron chi connectivity index (χ4n) is 2.50. The first-order valence-electron chi connectivity index (χ1n) is 7.60. The van der Waals surface area contributed by atoms with Crippen molar-refractivity contribution in [3.05, 3.63) is 35.4 Å². The van der Waals surface area contributed by atoms with Gasteiger partial charge < -0.3 is 4.43 Å². The second-order valence-corrected chi connectivity index (χ2v) is 7.26. The minimum Gasteiger partial charge on any atom is -0.412 e. The Morgan fingerprint density at radius 1 is 1.00 bits per heavy atom. The van der Waals surface area contributed by atoms with E-state index >= 15 is 0 Å². The van der Waals surface area contributed by atoms with Crippen LogP contribution in [0.5, 0.6) is 0 Å². The van der Waals surface area contributed by atoms with Gasteiger partial charge in [0.05, 0.1) is 0 Å². The van der Waals surface area contributed by atoms with E-state index in [2.05, 4.69) is 43.8 Å². The molecule has 1 aliphatic carbocycles. The van der Waals surface area contributed by atoms with Gasteiger partial charge in [-0.1, -0.05) is 69.4 Å². The van der Waals surface area contributed by atoms with Crippen molar-refractivity contribution in [1.82, 2.24) is 0 Å². The summed E-state index contributed by atoms with van der Waals surface area (Å²) in [5.74, 6) is 0. The molecule has 0 saturated heterocycles. The maximum absolute atomic E-state index is 6.04. The van der Waals surface area contributed by atoms with Gasteiger partial charge in [0.1, 0.15) is 0 Å². The Morgan fingerprint density at radius 2 is 1.74 bits per heavy atom. The Labute approximate surface area is 119 Å². The Kier molecular flexibility index (Phi) is 5.86. The molecule has 0 bridgehead atoms. The van der Waals surface area contributed by atoms with Gasteiger partial charge in [-0.15, -0.1) is 0 Å². The summed E-state index contributed by atoms with van der Waals surface area (Å²) < 4.78 is 6.04. The van der Waals surface area contributed by atoms with Gasteiger partial charge in [0, 0.05) is 6.61 Å². The topological polar surface area (TPSA) is 9.23 Å². The predicted octanol–water partition coefficient (Wildman–Crippen LogP) is 5.08. The van der Waals surface area contributed by atoms with Gasteiger partial charge in [-0.05, 0) is 29.3 Å². The second kappa shape index (κ2) is 7.66. The lowest BCUT2D eigenvalue weighted by Gasteiger charge is -2.23. The maximum atomic E-state index is 6.04. The lowest BCUT2D eigenvalue weighted by Crippen LogP contribution is -2.21. The zero-order valence-corrected chi connectivity index (χ0v) is 13.2. The minimum atomic E-state index is -0.779. The highest BCUT2D eigenvalue weighted by Crippen LogP contribution is 2.34. The highest BCUT2D eigenvalue weighted by molar-refractivity contribution is 6.75. The molecular formula is C17H25OSi. The number of unbranched alkanes of at least 4 members (excludes halogenated alkanes) is 5. The van der Waals surface area contributed by atoms with Crippen LogP contribution in [0.25, 0.3) is 11.3 Å². The monoisotopic (exact) mass is 273 g/mol. The average molecular weight is 273 g/mol. The first-order valence-corrected chi connectivity index (χ1v) is 9.51. The largest absolute Gasteiger partial charge is 0.412 e. The molecule has 0 unspecified atom stereocenters. The summed E-state index contributed by atoms with van der Waals surface area (Å²) in [4.78, 5) is 0. The van der Waals surface area contributed by atoms with E-state index in [0.717, 1.165) is 6.61 Å². The molecule has 0 aromatic heterocycles. The third-order valence-corrected chi connectivity index (χ3v) is 5.56. The van der Waals surface area contributed by atoms with E-state index in [0.29, 0.717) is 0 Å². The lowest BCUT2D eigenvalue weighted by molar-refractivity contribution is 0.315. The van der Waals surface area contributed by atoms with E-state index in [1.165, 1.54) is 54.8 Å². The summed E-state index contributed by atoms with van der Waals surface area (Å²) in [6.07, 6.45) is 10.3. The fourth-order valence-corrected chi connectivity index (χ4v) is 4.07. The molecule has 0 fully saturated rings. The SMILES string of the molecule is CCCCCCCCO[Si](C)C1=Cc2ccccc21. The van der Waals surface area contributed by atoms with E-state index in [4.69, 9.17) is 4.43 Å². The first-order chi connectivity index (χ1) is 9.33. The van der Waals surface area contributed by atoms with Crippen LogP contribution in [0.2, 0.25) is 6.55 Å². The molecule has 0 saturated carbocycles. The molecule has 0 aliphatic heterocycles. The maximum Gasteiger partial charge on any atom is 0.244 e. The van der Waals surface area contributed by atoms with Gasteiger partial charge in [-0.2, -0.15) is 0 Å². The predicted molar refractivity (Wildman–Crippen MR) is 85.3 cm³/mol. The van der Waals surface area contributed by atoms with Crippen molar-refractivity contribution in [2.24, 2.45) is 0 Å². The number of fused-ring (bicyclic) bond motifs is 1. The molecule has 2 rings (SSSR count). The Balaban J connectivity index is 1.60. The van der Waals surface area contributed by atoms with Crippen LogP contribution < -0.4 is 0 Å². The molecule has 0 heterocycles. The number of hydrogen-bond donors (Lipinski definition) is 0. The number of rotatable bonds is 9. The third-order valence-electron chi connectivity index (χ3n) is 3.75. The highest BCUT2D eigenvalue weighted by atomic mass is 28.3. The highest BCUT2D eigenvalue weighted by Gasteiger charge is 2.23. The van der Waals surface area contributed by atoms with Crippen LogP contribution in [0.15, 0.2) is 24.3 Å². The van der Waals surface area contributed by atoms with Crippen LogP contribution >= 0.6 is 0 Å². The van der Waals surface area contributed by atoms with Crippen molar-refractivity contribution < 1.29 is 4.43 Å². The molecule has 2 heteroatoms. The zero-order valence-electron chi connectivity index (χ0n) is 12.2. The summed E-state index contributed by atoms with van der Waals surface area (Å²) >= 11 is 0. The van der Waals surface area contributed by atoms with E-state index in [9.17, 15) is 0 Å². The van der Waals surface area contributed by atoms with Crippen LogP contribution in [-0.4, -0.2) is 15.6 Å². The van der Waals surface area contributed by atoms with E-state index in [1.807, 2.05) is 0 Å². The van der Waals surface area contributed by atoms with Gasteiger partial charge in [0.2, 0.25) is 9.04 Å². The van der Waals surface area contributed by atoms with Gasteiger partial charge >= 0.3 is 0 Å². The Bertz CT molecular complexity index is 425. The zero-order chi connectivity index (χ0) is 13.5. The summed E-state index contributed by atoms with van der Waals surface area (Å²) in [7, 11) is -0.779. The molecule has 103 valence electrons. The Hall–Kier alpha value is -0.863. The lowest BCUT2D eigenvalue weighted by atomic mass is 9.98. The second-order valence-electron chi connectivity index (χ2n) is 5.32. The normalized spacial score (nSPS) is 13.1. The third kappa shape index (κ3) is 4.05. The van der Waals surface area contributed by atoms with Crippen molar-refractivity contribution in [2.45, 2.75) is 52.0 Å². The minimum absolute atomic E-state index is 0.779. The van der Waals surface area contributed by atoms with Gasteiger partial charge in [0.15, 0.2) is 0 Å². The summed E-state index contributed by atoms with van der Waals surface area (Å²) in [5.41, 5.74) is 2.80. The molecule has 0 N–H and O–H groups in total. The van der Waals surface area contributed by atoms with Crippen LogP contribution in [0.1, 0.15) is 56.6 Å². The molecule has 0 amide bonds. The van der Waals surface area contributed by atoms with Crippen molar-refractivity contribution in [3.63, 3.8) is 0 Å². The van der Waals surface area contributed by atoms with Crippen molar-refractivity contribution in [1.29, 1.82) is 0 Å².